The molecule has 1 aromatic heterocycles. The maximum atomic E-state index is 11.7. The van der Waals surface area contributed by atoms with Crippen molar-refractivity contribution in [3.8, 4) is 5.75 Å². The van der Waals surface area contributed by atoms with E-state index >= 15 is 0 Å². The van der Waals surface area contributed by atoms with Crippen LogP contribution in [0, 0.1) is 0 Å². The standard InChI is InChI=1S/C20H17NO3/c22-20(9-8-16-10-12-21-13-11-16)24-15-14-23-19-7-3-5-17-4-1-2-6-18(17)19/h1-13H,14-15H2/b9-8+. The molecule has 0 fully saturated rings. The average molecular weight is 319 g/mol. The molecule has 4 heteroatoms. The number of hydrogen-bond acceptors (Lipinski definition) is 4. The highest BCUT2D eigenvalue weighted by Crippen LogP contribution is 2.24. The molecule has 0 saturated carbocycles. The summed E-state index contributed by atoms with van der Waals surface area (Å²) in [5, 5.41) is 2.16. The second-order valence-electron chi connectivity index (χ2n) is 5.11. The molecule has 3 rings (SSSR count). The van der Waals surface area contributed by atoms with Gasteiger partial charge in [0.1, 0.15) is 19.0 Å². The van der Waals surface area contributed by atoms with Gasteiger partial charge in [0.2, 0.25) is 0 Å². The number of nitrogens with zero attached hydrogens (tertiary/aromatic N) is 1. The van der Waals surface area contributed by atoms with Gasteiger partial charge in [-0.1, -0.05) is 36.4 Å². The highest BCUT2D eigenvalue weighted by molar-refractivity contribution is 5.88. The smallest absolute Gasteiger partial charge is 0.330 e. The van der Waals surface area contributed by atoms with Crippen molar-refractivity contribution in [2.75, 3.05) is 13.2 Å². The van der Waals surface area contributed by atoms with Crippen LogP contribution in [-0.4, -0.2) is 24.2 Å². The van der Waals surface area contributed by atoms with Gasteiger partial charge < -0.3 is 9.47 Å². The van der Waals surface area contributed by atoms with E-state index in [0.717, 1.165) is 22.1 Å². The van der Waals surface area contributed by atoms with E-state index in [9.17, 15) is 4.79 Å². The Kier molecular flexibility index (Phi) is 5.20. The van der Waals surface area contributed by atoms with Crippen LogP contribution in [0.3, 0.4) is 0 Å². The SMILES string of the molecule is O=C(/C=C/c1ccncc1)OCCOc1cccc2ccccc12. The van der Waals surface area contributed by atoms with Crippen molar-refractivity contribution in [2.45, 2.75) is 0 Å². The van der Waals surface area contributed by atoms with E-state index in [4.69, 9.17) is 9.47 Å². The molecule has 0 aliphatic heterocycles. The van der Waals surface area contributed by atoms with Gasteiger partial charge in [0, 0.05) is 23.9 Å². The van der Waals surface area contributed by atoms with E-state index in [2.05, 4.69) is 4.98 Å². The quantitative estimate of drug-likeness (QED) is 0.393. The van der Waals surface area contributed by atoms with Crippen LogP contribution in [0.15, 0.2) is 73.1 Å². The zero-order valence-corrected chi connectivity index (χ0v) is 13.1. The molecule has 120 valence electrons. The Labute approximate surface area is 140 Å². The number of pyridine rings is 1. The lowest BCUT2D eigenvalue weighted by Gasteiger charge is -2.09. The molecular weight excluding hydrogens is 302 g/mol. The number of ether oxygens (including phenoxy) is 2. The normalized spacial score (nSPS) is 10.8. The van der Waals surface area contributed by atoms with Gasteiger partial charge >= 0.3 is 5.97 Å². The van der Waals surface area contributed by atoms with E-state index in [1.165, 1.54) is 6.08 Å². The van der Waals surface area contributed by atoms with Gasteiger partial charge in [-0.25, -0.2) is 4.79 Å². The summed E-state index contributed by atoms with van der Waals surface area (Å²) in [5.41, 5.74) is 0.897. The second kappa shape index (κ2) is 7.92. The van der Waals surface area contributed by atoms with E-state index in [-0.39, 0.29) is 6.61 Å². The van der Waals surface area contributed by atoms with Crippen LogP contribution < -0.4 is 4.74 Å². The summed E-state index contributed by atoms with van der Waals surface area (Å²) < 4.78 is 10.9. The fourth-order valence-corrected chi connectivity index (χ4v) is 2.30. The van der Waals surface area contributed by atoms with Crippen molar-refractivity contribution in [2.24, 2.45) is 0 Å². The third-order valence-electron chi connectivity index (χ3n) is 3.45. The summed E-state index contributed by atoms with van der Waals surface area (Å²) >= 11 is 0. The number of aromatic nitrogens is 1. The van der Waals surface area contributed by atoms with Crippen LogP contribution in [0.1, 0.15) is 5.56 Å². The fraction of sp³-hybridized carbons (Fsp3) is 0.100. The van der Waals surface area contributed by atoms with Crippen molar-refractivity contribution in [1.29, 1.82) is 0 Å². The predicted molar refractivity (Wildman–Crippen MR) is 93.7 cm³/mol. The summed E-state index contributed by atoms with van der Waals surface area (Å²) in [4.78, 5) is 15.6. The Morgan fingerprint density at radius 2 is 1.75 bits per heavy atom. The summed E-state index contributed by atoms with van der Waals surface area (Å²) in [6, 6.07) is 17.5. The van der Waals surface area contributed by atoms with Crippen LogP contribution in [0.25, 0.3) is 16.8 Å². The van der Waals surface area contributed by atoms with Crippen molar-refractivity contribution >= 4 is 22.8 Å². The van der Waals surface area contributed by atoms with Crippen molar-refractivity contribution < 1.29 is 14.3 Å². The molecular formula is C20H17NO3. The third-order valence-corrected chi connectivity index (χ3v) is 3.45. The first kappa shape index (κ1) is 15.7. The lowest BCUT2D eigenvalue weighted by molar-refractivity contribution is -0.138. The maximum Gasteiger partial charge on any atom is 0.330 e. The van der Waals surface area contributed by atoms with E-state index in [1.54, 1.807) is 18.5 Å². The fourth-order valence-electron chi connectivity index (χ4n) is 2.30. The first-order valence-corrected chi connectivity index (χ1v) is 7.68. The number of fused-ring (bicyclic) bond motifs is 1. The van der Waals surface area contributed by atoms with Crippen molar-refractivity contribution in [3.63, 3.8) is 0 Å². The Balaban J connectivity index is 1.48. The van der Waals surface area contributed by atoms with Crippen LogP contribution >= 0.6 is 0 Å². The van der Waals surface area contributed by atoms with E-state index in [1.807, 2.05) is 54.6 Å². The molecule has 0 amide bonds. The number of carbonyl (C=O) groups is 1. The lowest BCUT2D eigenvalue weighted by Crippen LogP contribution is -2.10. The number of rotatable bonds is 6. The maximum absolute atomic E-state index is 11.7. The highest BCUT2D eigenvalue weighted by atomic mass is 16.6. The molecule has 3 aromatic rings. The first-order valence-electron chi connectivity index (χ1n) is 7.68. The zero-order chi connectivity index (χ0) is 16.6. The molecule has 0 aliphatic rings. The second-order valence-corrected chi connectivity index (χ2v) is 5.11. The minimum absolute atomic E-state index is 0.197. The minimum Gasteiger partial charge on any atom is -0.489 e. The summed E-state index contributed by atoms with van der Waals surface area (Å²) in [6.45, 7) is 0.506. The zero-order valence-electron chi connectivity index (χ0n) is 13.1. The largest absolute Gasteiger partial charge is 0.489 e. The van der Waals surface area contributed by atoms with Crippen LogP contribution in [0.4, 0.5) is 0 Å². The van der Waals surface area contributed by atoms with Gasteiger partial charge in [-0.05, 0) is 35.2 Å². The summed E-state index contributed by atoms with van der Waals surface area (Å²) in [5.74, 6) is 0.393. The third kappa shape index (κ3) is 4.20. The van der Waals surface area contributed by atoms with E-state index < -0.39 is 5.97 Å². The number of hydrogen-bond donors (Lipinski definition) is 0. The van der Waals surface area contributed by atoms with Crippen LogP contribution in [0.5, 0.6) is 5.75 Å². The average Bonchev–Trinajstić information content (AvgIpc) is 2.64. The molecule has 0 spiro atoms. The van der Waals surface area contributed by atoms with E-state index in [0.29, 0.717) is 6.61 Å². The Hall–Kier alpha value is -3.14. The number of carbonyl (C=O) groups excluding carboxylic acids is 1. The predicted octanol–water partition coefficient (Wildman–Crippen LogP) is 3.87. The Morgan fingerprint density at radius 1 is 0.958 bits per heavy atom. The number of esters is 1. The minimum atomic E-state index is -0.395. The molecule has 1 heterocycles. The molecule has 0 N–H and O–H groups in total. The molecule has 0 aliphatic carbocycles. The Bertz CT molecular complexity index is 838. The van der Waals surface area contributed by atoms with Crippen molar-refractivity contribution in [1.82, 2.24) is 4.98 Å². The van der Waals surface area contributed by atoms with Gasteiger partial charge in [0.25, 0.3) is 0 Å². The molecule has 0 unspecified atom stereocenters. The molecule has 4 nitrogen and oxygen atoms in total. The molecule has 0 radical (unpaired) electrons. The van der Waals surface area contributed by atoms with Gasteiger partial charge in [-0.15, -0.1) is 0 Å². The monoisotopic (exact) mass is 319 g/mol. The van der Waals surface area contributed by atoms with Gasteiger partial charge in [-0.2, -0.15) is 0 Å². The lowest BCUT2D eigenvalue weighted by atomic mass is 10.1. The highest BCUT2D eigenvalue weighted by Gasteiger charge is 2.02. The van der Waals surface area contributed by atoms with Gasteiger partial charge in [0.15, 0.2) is 0 Å². The molecule has 0 atom stereocenters. The van der Waals surface area contributed by atoms with Crippen LogP contribution in [-0.2, 0) is 9.53 Å². The molecule has 0 saturated heterocycles. The van der Waals surface area contributed by atoms with Crippen LogP contribution in [0.2, 0.25) is 0 Å². The summed E-state index contributed by atoms with van der Waals surface area (Å²) in [6.07, 6.45) is 6.43. The molecule has 0 bridgehead atoms. The molecule has 2 aromatic carbocycles. The first-order chi connectivity index (χ1) is 11.8. The molecule has 24 heavy (non-hydrogen) atoms. The summed E-state index contributed by atoms with van der Waals surface area (Å²) in [7, 11) is 0. The van der Waals surface area contributed by atoms with Gasteiger partial charge in [0.05, 0.1) is 0 Å². The topological polar surface area (TPSA) is 48.4 Å². The van der Waals surface area contributed by atoms with Crippen molar-refractivity contribution in [3.05, 3.63) is 78.6 Å². The Morgan fingerprint density at radius 3 is 2.62 bits per heavy atom. The number of benzene rings is 2. The van der Waals surface area contributed by atoms with Gasteiger partial charge in [-0.3, -0.25) is 4.98 Å².